The van der Waals surface area contributed by atoms with E-state index in [-0.39, 0.29) is 0 Å². The number of halogens is 3. The summed E-state index contributed by atoms with van der Waals surface area (Å²) in [4.78, 5) is 0. The Hall–Kier alpha value is 0.621. The molecule has 0 amide bonds. The van der Waals surface area contributed by atoms with E-state index < -0.39 is 30.5 Å². The molecule has 0 aliphatic carbocycles. The summed E-state index contributed by atoms with van der Waals surface area (Å²) >= 11 is 18.5. The smallest absolute Gasteiger partial charge is 0.408 e. The van der Waals surface area contributed by atoms with Crippen LogP contribution in [-0.4, -0.2) is 30.5 Å². The average Bonchev–Trinajstić information content (AvgIpc) is 2.27. The van der Waals surface area contributed by atoms with Crippen molar-refractivity contribution in [2.75, 3.05) is 0 Å². The zero-order chi connectivity index (χ0) is 13.4. The molecule has 1 aromatic carbocycles. The summed E-state index contributed by atoms with van der Waals surface area (Å²) in [5, 5.41) is 0.840. The molecular formula is C9H13Cl3O3Si3. The maximum absolute atomic E-state index is 6.17. The molecule has 1 aliphatic heterocycles. The third-order valence-corrected chi connectivity index (χ3v) is 15.0. The largest absolute Gasteiger partial charge is 0.420 e. The quantitative estimate of drug-likeness (QED) is 0.567. The van der Waals surface area contributed by atoms with E-state index in [2.05, 4.69) is 0 Å². The Balaban J connectivity index is 2.48. The molecule has 1 aliphatic rings. The molecule has 0 spiro atoms. The van der Waals surface area contributed by atoms with E-state index in [9.17, 15) is 0 Å². The van der Waals surface area contributed by atoms with Gasteiger partial charge in [0.1, 0.15) is 0 Å². The second-order valence-electron chi connectivity index (χ2n) is 3.99. The van der Waals surface area contributed by atoms with Gasteiger partial charge in [0.15, 0.2) is 0 Å². The van der Waals surface area contributed by atoms with E-state index in [1.807, 2.05) is 43.4 Å². The van der Waals surface area contributed by atoms with Crippen molar-refractivity contribution in [3.8, 4) is 0 Å². The summed E-state index contributed by atoms with van der Waals surface area (Å²) in [6.07, 6.45) is 0. The molecule has 0 bridgehead atoms. The van der Waals surface area contributed by atoms with Gasteiger partial charge < -0.3 is 12.3 Å². The number of benzene rings is 1. The van der Waals surface area contributed by atoms with Crippen molar-refractivity contribution < 1.29 is 12.3 Å². The van der Waals surface area contributed by atoms with Crippen LogP contribution < -0.4 is 5.19 Å². The van der Waals surface area contributed by atoms with Gasteiger partial charge in [-0.05, 0) is 18.3 Å². The number of rotatable bonds is 1. The van der Waals surface area contributed by atoms with Gasteiger partial charge in [0.2, 0.25) is 3.42 Å². The minimum Gasteiger partial charge on any atom is -0.420 e. The second-order valence-corrected chi connectivity index (χ2v) is 15.0. The Kier molecular flexibility index (Phi) is 4.63. The Morgan fingerprint density at radius 3 is 1.94 bits per heavy atom. The molecule has 1 fully saturated rings. The molecule has 100 valence electrons. The highest BCUT2D eigenvalue weighted by Crippen LogP contribution is 2.40. The molecule has 0 N–H and O–H groups in total. The topological polar surface area (TPSA) is 27.7 Å². The third kappa shape index (κ3) is 2.87. The van der Waals surface area contributed by atoms with Gasteiger partial charge in [0, 0.05) is 0 Å². The van der Waals surface area contributed by atoms with Gasteiger partial charge in [-0.15, -0.1) is 0 Å². The van der Waals surface area contributed by atoms with Crippen molar-refractivity contribution in [2.24, 2.45) is 0 Å². The molecule has 9 heteroatoms. The second kappa shape index (κ2) is 5.55. The minimum atomic E-state index is -3.09. The highest BCUT2D eigenvalue weighted by Gasteiger charge is 2.61. The highest BCUT2D eigenvalue weighted by atomic mass is 35.6. The predicted molar refractivity (Wildman–Crippen MR) is 81.4 cm³/mol. The normalized spacial score (nSPS) is 33.4. The Morgan fingerprint density at radius 1 is 1.00 bits per heavy atom. The van der Waals surface area contributed by atoms with E-state index >= 15 is 0 Å². The number of hydrogen-bond acceptors (Lipinski definition) is 3. The summed E-state index contributed by atoms with van der Waals surface area (Å²) in [6, 6.07) is 9.47. The Labute approximate surface area is 126 Å². The van der Waals surface area contributed by atoms with Crippen LogP contribution >= 0.6 is 34.8 Å². The lowest BCUT2D eigenvalue weighted by Crippen LogP contribution is -2.70. The van der Waals surface area contributed by atoms with Crippen LogP contribution in [0.15, 0.2) is 30.3 Å². The fraction of sp³-hybridized carbons (Fsp3) is 0.333. The maximum atomic E-state index is 6.17. The summed E-state index contributed by atoms with van der Waals surface area (Å²) in [5.74, 6) is 0. The van der Waals surface area contributed by atoms with E-state index in [1.165, 1.54) is 0 Å². The van der Waals surface area contributed by atoms with Gasteiger partial charge in [-0.3, -0.25) is 0 Å². The van der Waals surface area contributed by atoms with Gasteiger partial charge in [0.05, 0.1) is 0 Å². The van der Waals surface area contributed by atoms with Crippen molar-refractivity contribution >= 4 is 67.1 Å². The summed E-state index contributed by atoms with van der Waals surface area (Å²) in [6.45, 7) is 3.88. The van der Waals surface area contributed by atoms with Gasteiger partial charge >= 0.3 is 27.1 Å². The molecule has 2 unspecified atom stereocenters. The SMILES string of the molecule is C[SiH]1O[SiH](C)O[Si](c2ccccc2)(C(Cl)(Cl)Cl)O1. The van der Waals surface area contributed by atoms with Gasteiger partial charge in [-0.25, -0.2) is 0 Å². The van der Waals surface area contributed by atoms with Crippen LogP contribution in [0.2, 0.25) is 13.1 Å². The molecule has 3 nitrogen and oxygen atoms in total. The fourth-order valence-corrected chi connectivity index (χ4v) is 16.5. The van der Waals surface area contributed by atoms with Crippen molar-refractivity contribution in [2.45, 2.75) is 16.5 Å². The first-order valence-corrected chi connectivity index (χ1v) is 12.6. The molecule has 0 saturated carbocycles. The van der Waals surface area contributed by atoms with Crippen molar-refractivity contribution in [1.29, 1.82) is 0 Å². The molecule has 1 saturated heterocycles. The lowest BCUT2D eigenvalue weighted by atomic mass is 10.4. The molecule has 2 atom stereocenters. The predicted octanol–water partition coefficient (Wildman–Crippen LogP) is 2.01. The van der Waals surface area contributed by atoms with E-state index in [0.29, 0.717) is 0 Å². The lowest BCUT2D eigenvalue weighted by molar-refractivity contribution is 0.274. The Morgan fingerprint density at radius 2 is 1.50 bits per heavy atom. The van der Waals surface area contributed by atoms with Gasteiger partial charge in [-0.1, -0.05) is 65.1 Å². The van der Waals surface area contributed by atoms with Gasteiger partial charge in [-0.2, -0.15) is 0 Å². The van der Waals surface area contributed by atoms with Crippen LogP contribution in [0.3, 0.4) is 0 Å². The zero-order valence-corrected chi connectivity index (χ0v) is 15.5. The first-order valence-electron chi connectivity index (χ1n) is 5.48. The van der Waals surface area contributed by atoms with E-state index in [0.717, 1.165) is 5.19 Å². The van der Waals surface area contributed by atoms with Crippen molar-refractivity contribution in [1.82, 2.24) is 0 Å². The first kappa shape index (κ1) is 15.0. The van der Waals surface area contributed by atoms with E-state index in [1.54, 1.807) is 0 Å². The highest BCUT2D eigenvalue weighted by molar-refractivity contribution is 7.09. The van der Waals surface area contributed by atoms with Crippen LogP contribution in [-0.2, 0) is 12.3 Å². The Bertz CT molecular complexity index is 405. The fourth-order valence-electron chi connectivity index (χ4n) is 1.91. The van der Waals surface area contributed by atoms with Crippen LogP contribution in [0, 0.1) is 0 Å². The standard InChI is InChI=1S/C9H13Cl3O3Si3/c1-16-13-17(2)15-18(14-16,9(10,11)12)8-6-4-3-5-7-8/h3-7,16-17H,1-2H3. The number of alkyl halides is 3. The average molecular weight is 360 g/mol. The first-order chi connectivity index (χ1) is 8.35. The lowest BCUT2D eigenvalue weighted by Gasteiger charge is -2.44. The van der Waals surface area contributed by atoms with Gasteiger partial charge in [0.25, 0.3) is 0 Å². The van der Waals surface area contributed by atoms with E-state index in [4.69, 9.17) is 47.1 Å². The molecule has 1 aromatic rings. The maximum Gasteiger partial charge on any atom is 0.408 e. The third-order valence-electron chi connectivity index (χ3n) is 2.57. The molecule has 2 rings (SSSR count). The number of hydrogen-bond donors (Lipinski definition) is 0. The van der Waals surface area contributed by atoms with Crippen LogP contribution in [0.5, 0.6) is 0 Å². The van der Waals surface area contributed by atoms with Crippen LogP contribution in [0.25, 0.3) is 0 Å². The molecule has 1 heterocycles. The summed E-state index contributed by atoms with van der Waals surface area (Å²) in [7, 11) is -6.70. The molecule has 0 radical (unpaired) electrons. The molecule has 0 aromatic heterocycles. The monoisotopic (exact) mass is 358 g/mol. The zero-order valence-electron chi connectivity index (χ0n) is 9.90. The minimum absolute atomic E-state index is 0.840. The molecule has 18 heavy (non-hydrogen) atoms. The van der Waals surface area contributed by atoms with Crippen molar-refractivity contribution in [3.05, 3.63) is 30.3 Å². The summed E-state index contributed by atoms with van der Waals surface area (Å²) < 4.78 is 16.0. The van der Waals surface area contributed by atoms with Crippen LogP contribution in [0.1, 0.15) is 0 Å². The summed E-state index contributed by atoms with van der Waals surface area (Å²) in [5.41, 5.74) is 0. The molecular weight excluding hydrogens is 347 g/mol. The van der Waals surface area contributed by atoms with Crippen molar-refractivity contribution in [3.63, 3.8) is 0 Å². The van der Waals surface area contributed by atoms with Crippen LogP contribution in [0.4, 0.5) is 0 Å².